The number of carbonyl (C=O) groups is 1. The Morgan fingerprint density at radius 1 is 1.31 bits per heavy atom. The highest BCUT2D eigenvalue weighted by Gasteiger charge is 2.14. The maximum absolute atomic E-state index is 13.6. The molecular weight excluding hydrogens is 339 g/mol. The summed E-state index contributed by atoms with van der Waals surface area (Å²) in [5, 5.41) is 17.3. The molecule has 0 spiro atoms. The second-order valence-corrected chi connectivity index (χ2v) is 5.73. The van der Waals surface area contributed by atoms with E-state index in [4.69, 9.17) is 0 Å². The number of nitro groups is 1. The molecule has 0 saturated heterocycles. The third-order valence-corrected chi connectivity index (χ3v) is 3.85. The van der Waals surface area contributed by atoms with Gasteiger partial charge in [0.05, 0.1) is 11.5 Å². The second-order valence-electron chi connectivity index (χ2n) is 5.73. The number of hydrogen-bond acceptors (Lipinski definition) is 4. The van der Waals surface area contributed by atoms with E-state index in [1.54, 1.807) is 43.3 Å². The third-order valence-electron chi connectivity index (χ3n) is 3.85. The fourth-order valence-corrected chi connectivity index (χ4v) is 2.46. The molecule has 0 unspecified atom stereocenters. The molecule has 3 rings (SSSR count). The molecule has 1 heterocycles. The van der Waals surface area contributed by atoms with Gasteiger partial charge in [0.25, 0.3) is 5.91 Å². The molecule has 1 aromatic heterocycles. The Morgan fingerprint density at radius 3 is 2.77 bits per heavy atom. The Balaban J connectivity index is 1.82. The van der Waals surface area contributed by atoms with Crippen LogP contribution >= 0.6 is 0 Å². The molecule has 1 amide bonds. The molecule has 0 aliphatic heterocycles. The Morgan fingerprint density at radius 2 is 2.08 bits per heavy atom. The van der Waals surface area contributed by atoms with E-state index in [1.807, 2.05) is 0 Å². The topological polar surface area (TPSA) is 90.1 Å². The quantitative estimate of drug-likeness (QED) is 0.560. The van der Waals surface area contributed by atoms with Crippen LogP contribution in [0, 0.1) is 22.9 Å². The molecule has 0 bridgehead atoms. The molecule has 8 heteroatoms. The van der Waals surface area contributed by atoms with Crippen LogP contribution in [-0.2, 0) is 6.54 Å². The number of rotatable bonds is 5. The number of carbonyl (C=O) groups excluding carboxylic acids is 1. The SMILES string of the molecule is Cc1ccc(NC(=O)c2ccccc2Cn2cc([N+](=O)[O-])cn2)cc1F. The molecule has 0 saturated carbocycles. The molecule has 0 radical (unpaired) electrons. The van der Waals surface area contributed by atoms with Crippen LogP contribution in [0.5, 0.6) is 0 Å². The first-order chi connectivity index (χ1) is 12.4. The number of aryl methyl sites for hydroxylation is 1. The lowest BCUT2D eigenvalue weighted by atomic mass is 10.1. The molecular formula is C18H15FN4O3. The van der Waals surface area contributed by atoms with Crippen molar-refractivity contribution in [2.75, 3.05) is 5.32 Å². The lowest BCUT2D eigenvalue weighted by molar-refractivity contribution is -0.385. The highest BCUT2D eigenvalue weighted by atomic mass is 19.1. The number of amides is 1. The predicted molar refractivity (Wildman–Crippen MR) is 93.5 cm³/mol. The van der Waals surface area contributed by atoms with Crippen molar-refractivity contribution in [2.24, 2.45) is 0 Å². The number of benzene rings is 2. The van der Waals surface area contributed by atoms with E-state index in [0.29, 0.717) is 22.4 Å². The van der Waals surface area contributed by atoms with Crippen LogP contribution in [0.25, 0.3) is 0 Å². The van der Waals surface area contributed by atoms with Crippen LogP contribution in [0.15, 0.2) is 54.9 Å². The van der Waals surface area contributed by atoms with Gasteiger partial charge in [0.15, 0.2) is 0 Å². The van der Waals surface area contributed by atoms with Gasteiger partial charge in [-0.05, 0) is 36.2 Å². The Hall–Kier alpha value is -3.55. The minimum atomic E-state index is -0.534. The summed E-state index contributed by atoms with van der Waals surface area (Å²) in [6, 6.07) is 11.3. The summed E-state index contributed by atoms with van der Waals surface area (Å²) in [4.78, 5) is 22.8. The van der Waals surface area contributed by atoms with Gasteiger partial charge in [-0.25, -0.2) is 4.39 Å². The molecule has 2 aromatic carbocycles. The summed E-state index contributed by atoms with van der Waals surface area (Å²) >= 11 is 0. The second kappa shape index (κ2) is 7.14. The first kappa shape index (κ1) is 17.3. The smallest absolute Gasteiger partial charge is 0.307 e. The molecule has 7 nitrogen and oxygen atoms in total. The minimum absolute atomic E-state index is 0.123. The van der Waals surface area contributed by atoms with Crippen molar-refractivity contribution in [3.8, 4) is 0 Å². The minimum Gasteiger partial charge on any atom is -0.322 e. The van der Waals surface area contributed by atoms with Crippen LogP contribution in [0.1, 0.15) is 21.5 Å². The van der Waals surface area contributed by atoms with E-state index >= 15 is 0 Å². The zero-order valence-corrected chi connectivity index (χ0v) is 13.8. The highest BCUT2D eigenvalue weighted by Crippen LogP contribution is 2.17. The number of aromatic nitrogens is 2. The van der Waals surface area contributed by atoms with Gasteiger partial charge in [0, 0.05) is 11.3 Å². The van der Waals surface area contributed by atoms with Gasteiger partial charge < -0.3 is 5.32 Å². The number of nitrogens with zero attached hydrogens (tertiary/aromatic N) is 3. The van der Waals surface area contributed by atoms with Crippen molar-refractivity contribution in [1.82, 2.24) is 9.78 Å². The average Bonchev–Trinajstić information content (AvgIpc) is 3.07. The van der Waals surface area contributed by atoms with Crippen molar-refractivity contribution in [3.05, 3.63) is 87.5 Å². The molecule has 1 N–H and O–H groups in total. The molecule has 0 fully saturated rings. The van der Waals surface area contributed by atoms with Crippen molar-refractivity contribution in [2.45, 2.75) is 13.5 Å². The number of nitrogens with one attached hydrogen (secondary N) is 1. The molecule has 0 aliphatic carbocycles. The summed E-state index contributed by atoms with van der Waals surface area (Å²) in [5.41, 5.74) is 1.73. The molecule has 26 heavy (non-hydrogen) atoms. The lowest BCUT2D eigenvalue weighted by Gasteiger charge is -2.11. The molecule has 0 atom stereocenters. The van der Waals surface area contributed by atoms with Gasteiger partial charge in [-0.15, -0.1) is 0 Å². The highest BCUT2D eigenvalue weighted by molar-refractivity contribution is 6.05. The molecule has 0 aliphatic rings. The van der Waals surface area contributed by atoms with Crippen molar-refractivity contribution < 1.29 is 14.1 Å². The zero-order chi connectivity index (χ0) is 18.7. The van der Waals surface area contributed by atoms with Crippen LogP contribution in [0.4, 0.5) is 15.8 Å². The van der Waals surface area contributed by atoms with Crippen LogP contribution < -0.4 is 5.32 Å². The van der Waals surface area contributed by atoms with Crippen molar-refractivity contribution >= 4 is 17.3 Å². The van der Waals surface area contributed by atoms with Gasteiger partial charge in [-0.1, -0.05) is 24.3 Å². The normalized spacial score (nSPS) is 10.5. The van der Waals surface area contributed by atoms with Gasteiger partial charge in [0.1, 0.15) is 18.2 Å². The number of anilines is 1. The Labute approximate surface area is 148 Å². The van der Waals surface area contributed by atoms with Gasteiger partial charge >= 0.3 is 5.69 Å². The first-order valence-corrected chi connectivity index (χ1v) is 7.76. The summed E-state index contributed by atoms with van der Waals surface area (Å²) in [5.74, 6) is -0.801. The monoisotopic (exact) mass is 354 g/mol. The fourth-order valence-electron chi connectivity index (χ4n) is 2.46. The van der Waals surface area contributed by atoms with Gasteiger partial charge in [-0.3, -0.25) is 19.6 Å². The van der Waals surface area contributed by atoms with Crippen molar-refractivity contribution in [3.63, 3.8) is 0 Å². The maximum atomic E-state index is 13.6. The van der Waals surface area contributed by atoms with Crippen LogP contribution in [0.3, 0.4) is 0 Å². The summed E-state index contributed by atoms with van der Waals surface area (Å²) in [6.45, 7) is 1.83. The first-order valence-electron chi connectivity index (χ1n) is 7.76. The van der Waals surface area contributed by atoms with E-state index in [1.165, 1.54) is 16.9 Å². The standard InChI is InChI=1S/C18H15FN4O3/c1-12-6-7-14(8-17(12)19)21-18(24)16-5-3-2-4-13(16)10-22-11-15(9-20-22)23(25)26/h2-9,11H,10H2,1H3,(H,21,24). The predicted octanol–water partition coefficient (Wildman–Crippen LogP) is 3.54. The largest absolute Gasteiger partial charge is 0.322 e. The van der Waals surface area contributed by atoms with E-state index in [2.05, 4.69) is 10.4 Å². The van der Waals surface area contributed by atoms with Gasteiger partial charge in [-0.2, -0.15) is 5.10 Å². The fraction of sp³-hybridized carbons (Fsp3) is 0.111. The van der Waals surface area contributed by atoms with Crippen LogP contribution in [-0.4, -0.2) is 20.6 Å². The third kappa shape index (κ3) is 3.75. The number of halogens is 1. The number of hydrogen-bond donors (Lipinski definition) is 1. The zero-order valence-electron chi connectivity index (χ0n) is 13.8. The van der Waals surface area contributed by atoms with E-state index in [-0.39, 0.29) is 12.2 Å². The van der Waals surface area contributed by atoms with Crippen LogP contribution in [0.2, 0.25) is 0 Å². The van der Waals surface area contributed by atoms with Gasteiger partial charge in [0.2, 0.25) is 0 Å². The Kier molecular flexibility index (Phi) is 4.74. The maximum Gasteiger partial charge on any atom is 0.307 e. The lowest BCUT2D eigenvalue weighted by Crippen LogP contribution is -2.16. The summed E-state index contributed by atoms with van der Waals surface area (Å²) < 4.78 is 15.0. The molecule has 132 valence electrons. The van der Waals surface area contributed by atoms with E-state index in [9.17, 15) is 19.3 Å². The summed E-state index contributed by atoms with van der Waals surface area (Å²) in [6.07, 6.45) is 2.45. The van der Waals surface area contributed by atoms with E-state index < -0.39 is 16.6 Å². The van der Waals surface area contributed by atoms with Crippen molar-refractivity contribution in [1.29, 1.82) is 0 Å². The Bertz CT molecular complexity index is 984. The molecule has 3 aromatic rings. The van der Waals surface area contributed by atoms with E-state index in [0.717, 1.165) is 6.20 Å². The average molecular weight is 354 g/mol. The summed E-state index contributed by atoms with van der Waals surface area (Å²) in [7, 11) is 0.